The zero-order chi connectivity index (χ0) is 22.6. The summed E-state index contributed by atoms with van der Waals surface area (Å²) in [4.78, 5) is 8.71. The van der Waals surface area contributed by atoms with Crippen LogP contribution in [0.1, 0.15) is 30.0 Å². The highest BCUT2D eigenvalue weighted by atomic mass is 16.5. The quantitative estimate of drug-likeness (QED) is 0.273. The van der Waals surface area contributed by atoms with Gasteiger partial charge in [-0.15, -0.1) is 0 Å². The Bertz CT molecular complexity index is 971. The van der Waals surface area contributed by atoms with Crippen molar-refractivity contribution in [2.45, 2.75) is 33.4 Å². The van der Waals surface area contributed by atoms with Gasteiger partial charge in [0, 0.05) is 38.8 Å². The van der Waals surface area contributed by atoms with E-state index in [2.05, 4.69) is 64.9 Å². The maximum absolute atomic E-state index is 5.99. The summed E-state index contributed by atoms with van der Waals surface area (Å²) < 4.78 is 12.8. The molecule has 1 aromatic heterocycles. The summed E-state index contributed by atoms with van der Waals surface area (Å²) in [5.74, 6) is 1.66. The van der Waals surface area contributed by atoms with Crippen molar-refractivity contribution in [3.05, 3.63) is 71.8 Å². The Labute approximate surface area is 189 Å². The summed E-state index contributed by atoms with van der Waals surface area (Å²) in [5, 5.41) is 10.9. The maximum atomic E-state index is 5.99. The molecule has 170 valence electrons. The van der Waals surface area contributed by atoms with Gasteiger partial charge in [0.1, 0.15) is 18.4 Å². The molecule has 8 heteroatoms. The lowest BCUT2D eigenvalue weighted by Crippen LogP contribution is -2.36. The average molecular weight is 437 g/mol. The first kappa shape index (κ1) is 23.3. The van der Waals surface area contributed by atoms with E-state index in [1.807, 2.05) is 12.1 Å². The monoisotopic (exact) mass is 436 g/mol. The topological polar surface area (TPSA) is 85.6 Å². The zero-order valence-corrected chi connectivity index (χ0v) is 19.0. The molecule has 3 aromatic rings. The second kappa shape index (κ2) is 12.5. The van der Waals surface area contributed by atoms with Crippen molar-refractivity contribution in [2.75, 3.05) is 26.9 Å². The van der Waals surface area contributed by atoms with E-state index < -0.39 is 0 Å². The smallest absolute Gasteiger partial charge is 0.191 e. The van der Waals surface area contributed by atoms with E-state index in [0.717, 1.165) is 41.5 Å². The minimum Gasteiger partial charge on any atom is -0.493 e. The number of methoxy groups -OCH3 is 1. The van der Waals surface area contributed by atoms with Crippen molar-refractivity contribution in [1.29, 1.82) is 0 Å². The molecule has 0 amide bonds. The molecule has 0 spiro atoms. The number of aryl methyl sites for hydroxylation is 1. The Morgan fingerprint density at radius 2 is 1.94 bits per heavy atom. The predicted molar refractivity (Wildman–Crippen MR) is 126 cm³/mol. The van der Waals surface area contributed by atoms with Crippen LogP contribution in [0.15, 0.2) is 60.1 Å². The molecule has 3 rings (SSSR count). The number of nitrogens with one attached hydrogen (secondary N) is 2. The molecule has 0 aliphatic carbocycles. The van der Waals surface area contributed by atoms with Crippen molar-refractivity contribution in [1.82, 2.24) is 25.4 Å². The number of aromatic nitrogens is 3. The normalized spacial score (nSPS) is 11.4. The van der Waals surface area contributed by atoms with Gasteiger partial charge in [0.05, 0.1) is 18.8 Å². The highest BCUT2D eigenvalue weighted by Crippen LogP contribution is 2.20. The van der Waals surface area contributed by atoms with E-state index in [1.54, 1.807) is 18.1 Å². The fourth-order valence-electron chi connectivity index (χ4n) is 3.11. The lowest BCUT2D eigenvalue weighted by Gasteiger charge is -2.15. The molecule has 0 aliphatic heterocycles. The average Bonchev–Trinajstić information content (AvgIpc) is 3.35. The molecule has 0 fully saturated rings. The maximum Gasteiger partial charge on any atom is 0.191 e. The predicted octanol–water partition coefficient (Wildman–Crippen LogP) is 3.25. The summed E-state index contributed by atoms with van der Waals surface area (Å²) in [7, 11) is 1.70. The van der Waals surface area contributed by atoms with Crippen molar-refractivity contribution in [3.8, 4) is 11.4 Å². The van der Waals surface area contributed by atoms with E-state index >= 15 is 0 Å². The van der Waals surface area contributed by atoms with E-state index in [-0.39, 0.29) is 0 Å². The molecular weight excluding hydrogens is 404 g/mol. The molecule has 0 bridgehead atoms. The Balaban J connectivity index is 1.61. The summed E-state index contributed by atoms with van der Waals surface area (Å²) >= 11 is 0. The Hall–Kier alpha value is -3.39. The highest BCUT2D eigenvalue weighted by Gasteiger charge is 2.06. The summed E-state index contributed by atoms with van der Waals surface area (Å²) in [6.07, 6.45) is 4.06. The molecule has 1 heterocycles. The molecule has 2 aromatic carbocycles. The largest absolute Gasteiger partial charge is 0.493 e. The second-order valence-electron chi connectivity index (χ2n) is 7.36. The van der Waals surface area contributed by atoms with Gasteiger partial charge in [0.15, 0.2) is 5.96 Å². The lowest BCUT2D eigenvalue weighted by molar-refractivity contribution is 0.171. The lowest BCUT2D eigenvalue weighted by atomic mass is 10.1. The number of ether oxygens (including phenoxy) is 2. The summed E-state index contributed by atoms with van der Waals surface area (Å²) in [6.45, 7) is 7.42. The molecule has 0 saturated carbocycles. The van der Waals surface area contributed by atoms with Gasteiger partial charge in [0.2, 0.25) is 0 Å². The van der Waals surface area contributed by atoms with E-state index in [1.165, 1.54) is 11.9 Å². The van der Waals surface area contributed by atoms with Crippen LogP contribution in [0, 0.1) is 6.92 Å². The Morgan fingerprint density at radius 1 is 1.09 bits per heavy atom. The van der Waals surface area contributed by atoms with Crippen molar-refractivity contribution in [3.63, 3.8) is 0 Å². The summed E-state index contributed by atoms with van der Waals surface area (Å²) in [6, 6.07) is 14.4. The number of nitrogens with zero attached hydrogens (tertiary/aromatic N) is 4. The van der Waals surface area contributed by atoms with Crippen molar-refractivity contribution in [2.24, 2.45) is 4.99 Å². The standard InChI is InChI=1S/C24H32N6O2/c1-4-26-24(27-15-20-7-10-22(11-8-20)30-18-25-17-29-30)28-16-21-9-6-19(2)14-23(21)32-13-5-12-31-3/h6-11,14,17-18H,4-5,12-13,15-16H2,1-3H3,(H2,26,27,28). The van der Waals surface area contributed by atoms with E-state index in [0.29, 0.717) is 26.3 Å². The van der Waals surface area contributed by atoms with Gasteiger partial charge >= 0.3 is 0 Å². The van der Waals surface area contributed by atoms with Gasteiger partial charge < -0.3 is 20.1 Å². The first-order chi connectivity index (χ1) is 15.7. The SMILES string of the molecule is CCNC(=NCc1ccc(-n2cncn2)cc1)NCc1ccc(C)cc1OCCCOC. The van der Waals surface area contributed by atoms with Crippen LogP contribution in [0.4, 0.5) is 0 Å². The van der Waals surface area contributed by atoms with Crippen molar-refractivity contribution < 1.29 is 9.47 Å². The van der Waals surface area contributed by atoms with E-state index in [4.69, 9.17) is 14.5 Å². The molecule has 0 radical (unpaired) electrons. The van der Waals surface area contributed by atoms with Gasteiger partial charge in [-0.1, -0.05) is 24.3 Å². The van der Waals surface area contributed by atoms with Crippen LogP contribution in [-0.4, -0.2) is 47.6 Å². The van der Waals surface area contributed by atoms with Gasteiger partial charge in [0.25, 0.3) is 0 Å². The van der Waals surface area contributed by atoms with Gasteiger partial charge in [-0.05, 0) is 43.2 Å². The molecule has 0 unspecified atom stereocenters. The third kappa shape index (κ3) is 7.09. The Morgan fingerprint density at radius 3 is 2.66 bits per heavy atom. The van der Waals surface area contributed by atoms with Gasteiger partial charge in [-0.3, -0.25) is 0 Å². The van der Waals surface area contributed by atoms with Gasteiger partial charge in [-0.25, -0.2) is 14.7 Å². The fourth-order valence-corrected chi connectivity index (χ4v) is 3.11. The van der Waals surface area contributed by atoms with Crippen LogP contribution in [-0.2, 0) is 17.8 Å². The zero-order valence-electron chi connectivity index (χ0n) is 19.0. The van der Waals surface area contributed by atoms with Crippen molar-refractivity contribution >= 4 is 5.96 Å². The van der Waals surface area contributed by atoms with Crippen LogP contribution in [0.25, 0.3) is 5.69 Å². The van der Waals surface area contributed by atoms with Gasteiger partial charge in [-0.2, -0.15) is 5.10 Å². The first-order valence-corrected chi connectivity index (χ1v) is 10.9. The number of aliphatic imine (C=N–C) groups is 1. The van der Waals surface area contributed by atoms with Crippen LogP contribution in [0.3, 0.4) is 0 Å². The number of guanidine groups is 1. The fraction of sp³-hybridized carbons (Fsp3) is 0.375. The van der Waals surface area contributed by atoms with Crippen LogP contribution < -0.4 is 15.4 Å². The first-order valence-electron chi connectivity index (χ1n) is 10.9. The number of hydrogen-bond acceptors (Lipinski definition) is 5. The minimum atomic E-state index is 0.571. The molecule has 0 saturated heterocycles. The molecular formula is C24H32N6O2. The number of benzene rings is 2. The van der Waals surface area contributed by atoms with Crippen LogP contribution in [0.5, 0.6) is 5.75 Å². The Kier molecular flexibility index (Phi) is 9.06. The summed E-state index contributed by atoms with van der Waals surface area (Å²) in [5.41, 5.74) is 4.35. The van der Waals surface area contributed by atoms with Crippen LogP contribution in [0.2, 0.25) is 0 Å². The number of rotatable bonds is 11. The third-order valence-electron chi connectivity index (χ3n) is 4.80. The second-order valence-corrected chi connectivity index (χ2v) is 7.36. The molecule has 0 aliphatic rings. The number of hydrogen-bond donors (Lipinski definition) is 2. The molecule has 0 atom stereocenters. The highest BCUT2D eigenvalue weighted by molar-refractivity contribution is 5.79. The minimum absolute atomic E-state index is 0.571. The van der Waals surface area contributed by atoms with E-state index in [9.17, 15) is 0 Å². The third-order valence-corrected chi connectivity index (χ3v) is 4.80. The molecule has 32 heavy (non-hydrogen) atoms. The molecule has 8 nitrogen and oxygen atoms in total. The van der Waals surface area contributed by atoms with Crippen LogP contribution >= 0.6 is 0 Å². The molecule has 2 N–H and O–H groups in total.